The molecule has 6 nitrogen and oxygen atoms in total. The Morgan fingerprint density at radius 2 is 2.20 bits per heavy atom. The van der Waals surface area contributed by atoms with Crippen LogP contribution < -0.4 is 5.32 Å². The summed E-state index contributed by atoms with van der Waals surface area (Å²) in [4.78, 5) is 12.1. The van der Waals surface area contributed by atoms with Crippen LogP contribution in [0.15, 0.2) is 30.3 Å². The first-order chi connectivity index (χ1) is 9.67. The van der Waals surface area contributed by atoms with Crippen molar-refractivity contribution in [1.29, 1.82) is 0 Å². The Balaban J connectivity index is 2.21. The second kappa shape index (κ2) is 6.44. The van der Waals surface area contributed by atoms with Gasteiger partial charge in [-0.2, -0.15) is 5.10 Å². The molecular weight excluding hydrogens is 276 g/mol. The minimum Gasteiger partial charge on any atom is -0.394 e. The van der Waals surface area contributed by atoms with Crippen molar-refractivity contribution < 1.29 is 9.90 Å². The van der Waals surface area contributed by atoms with E-state index in [-0.39, 0.29) is 12.5 Å². The van der Waals surface area contributed by atoms with Crippen molar-refractivity contribution in [3.63, 3.8) is 0 Å². The molecule has 0 aliphatic rings. The fraction of sp³-hybridized carbons (Fsp3) is 0.308. The Kier molecular flexibility index (Phi) is 4.65. The van der Waals surface area contributed by atoms with Crippen molar-refractivity contribution in [2.24, 2.45) is 0 Å². The summed E-state index contributed by atoms with van der Waals surface area (Å²) < 4.78 is 2.21. The van der Waals surface area contributed by atoms with E-state index in [1.807, 2.05) is 13.0 Å². The summed E-state index contributed by atoms with van der Waals surface area (Å²) in [6, 6.07) is 8.22. The first kappa shape index (κ1) is 14.4. The van der Waals surface area contributed by atoms with E-state index in [4.69, 9.17) is 12.2 Å². The van der Waals surface area contributed by atoms with Crippen LogP contribution in [-0.4, -0.2) is 32.4 Å². The van der Waals surface area contributed by atoms with Gasteiger partial charge in [0.25, 0.3) is 5.91 Å². The Bertz CT molecular complexity index is 635. The second-order valence-electron chi connectivity index (χ2n) is 4.21. The van der Waals surface area contributed by atoms with Gasteiger partial charge in [0.2, 0.25) is 0 Å². The number of aromatic nitrogens is 3. The van der Waals surface area contributed by atoms with Gasteiger partial charge in [0.05, 0.1) is 6.61 Å². The Hall–Kier alpha value is -1.99. The van der Waals surface area contributed by atoms with Crippen LogP contribution in [0.25, 0.3) is 0 Å². The summed E-state index contributed by atoms with van der Waals surface area (Å²) in [5, 5.41) is 19.0. The molecule has 0 spiro atoms. The topological polar surface area (TPSA) is 82.9 Å². The molecule has 3 N–H and O–H groups in total. The van der Waals surface area contributed by atoms with Crippen LogP contribution in [-0.2, 0) is 6.54 Å². The van der Waals surface area contributed by atoms with Crippen LogP contribution in [0.3, 0.4) is 0 Å². The molecular formula is C13H16N4O2S. The van der Waals surface area contributed by atoms with Crippen molar-refractivity contribution in [2.45, 2.75) is 19.5 Å². The van der Waals surface area contributed by atoms with Crippen molar-refractivity contribution in [3.8, 4) is 0 Å². The van der Waals surface area contributed by atoms with E-state index in [9.17, 15) is 9.90 Å². The number of nitrogens with one attached hydrogen (secondary N) is 2. The molecule has 2 rings (SSSR count). The highest BCUT2D eigenvalue weighted by molar-refractivity contribution is 7.71. The molecule has 0 fully saturated rings. The third-order valence-corrected chi connectivity index (χ3v) is 3.25. The minimum absolute atomic E-state index is 0.252. The first-order valence-electron chi connectivity index (χ1n) is 6.29. The highest BCUT2D eigenvalue weighted by Crippen LogP contribution is 2.11. The number of amides is 1. The predicted molar refractivity (Wildman–Crippen MR) is 76.8 cm³/mol. The van der Waals surface area contributed by atoms with E-state index in [0.29, 0.717) is 22.7 Å². The van der Waals surface area contributed by atoms with Crippen molar-refractivity contribution in [3.05, 3.63) is 46.5 Å². The zero-order chi connectivity index (χ0) is 14.5. The summed E-state index contributed by atoms with van der Waals surface area (Å²) in [7, 11) is 0. The lowest BCUT2D eigenvalue weighted by atomic mass is 10.2. The molecule has 1 heterocycles. The van der Waals surface area contributed by atoms with Gasteiger partial charge in [-0.15, -0.1) is 0 Å². The van der Waals surface area contributed by atoms with Gasteiger partial charge >= 0.3 is 0 Å². The monoisotopic (exact) mass is 292 g/mol. The molecule has 1 amide bonds. The van der Waals surface area contributed by atoms with Crippen LogP contribution in [0, 0.1) is 4.77 Å². The molecule has 1 aromatic heterocycles. The third kappa shape index (κ3) is 2.94. The summed E-state index contributed by atoms with van der Waals surface area (Å²) in [5.41, 5.74) is 0.531. The largest absolute Gasteiger partial charge is 0.394 e. The summed E-state index contributed by atoms with van der Waals surface area (Å²) in [6.45, 7) is 2.28. The van der Waals surface area contributed by atoms with Gasteiger partial charge in [0.15, 0.2) is 10.6 Å². The number of H-pyrrole nitrogens is 1. The van der Waals surface area contributed by atoms with E-state index in [1.54, 1.807) is 28.8 Å². The Labute approximate surface area is 121 Å². The molecule has 0 aliphatic heterocycles. The standard InChI is InChI=1S/C13H16N4O2S/c1-2-17-11(15-16-13(17)20)10(8-18)14-12(19)9-6-4-3-5-7-9/h3-7,10,18H,2,8H2,1H3,(H,14,19)(H,16,20)/t10-/m0/s1. The predicted octanol–water partition coefficient (Wildman–Crippen LogP) is 1.42. The molecule has 1 aromatic carbocycles. The average molecular weight is 292 g/mol. The van der Waals surface area contributed by atoms with Crippen molar-refractivity contribution in [2.75, 3.05) is 6.61 Å². The number of benzene rings is 1. The van der Waals surface area contributed by atoms with Crippen molar-refractivity contribution in [1.82, 2.24) is 20.1 Å². The van der Waals surface area contributed by atoms with E-state index < -0.39 is 6.04 Å². The first-order valence-corrected chi connectivity index (χ1v) is 6.70. The average Bonchev–Trinajstić information content (AvgIpc) is 2.86. The zero-order valence-corrected chi connectivity index (χ0v) is 11.9. The second-order valence-corrected chi connectivity index (χ2v) is 4.59. The maximum atomic E-state index is 12.1. The number of aliphatic hydroxyl groups excluding tert-OH is 1. The maximum Gasteiger partial charge on any atom is 0.251 e. The number of aromatic amines is 1. The van der Waals surface area contributed by atoms with Crippen LogP contribution in [0.5, 0.6) is 0 Å². The van der Waals surface area contributed by atoms with Gasteiger partial charge in [-0.3, -0.25) is 9.89 Å². The molecule has 0 unspecified atom stereocenters. The molecule has 0 bridgehead atoms. The van der Waals surface area contributed by atoms with Gasteiger partial charge in [0.1, 0.15) is 6.04 Å². The minimum atomic E-state index is -0.601. The summed E-state index contributed by atoms with van der Waals surface area (Å²) >= 11 is 5.10. The van der Waals surface area contributed by atoms with Gasteiger partial charge in [-0.05, 0) is 31.3 Å². The van der Waals surface area contributed by atoms with E-state index in [1.165, 1.54) is 0 Å². The fourth-order valence-electron chi connectivity index (χ4n) is 1.92. The lowest BCUT2D eigenvalue weighted by molar-refractivity contribution is 0.0911. The SMILES string of the molecule is CCn1c([C@H](CO)NC(=O)c2ccccc2)n[nH]c1=S. The van der Waals surface area contributed by atoms with Gasteiger partial charge in [0, 0.05) is 12.1 Å². The third-order valence-electron chi connectivity index (χ3n) is 2.94. The number of aliphatic hydroxyl groups is 1. The van der Waals surface area contributed by atoms with Gasteiger partial charge in [-0.25, -0.2) is 0 Å². The van der Waals surface area contributed by atoms with Gasteiger partial charge < -0.3 is 15.0 Å². The number of rotatable bonds is 5. The number of hydrogen-bond acceptors (Lipinski definition) is 4. The van der Waals surface area contributed by atoms with E-state index in [2.05, 4.69) is 15.5 Å². The molecule has 20 heavy (non-hydrogen) atoms. The number of carbonyl (C=O) groups excluding carboxylic acids is 1. The molecule has 0 radical (unpaired) electrons. The van der Waals surface area contributed by atoms with Gasteiger partial charge in [-0.1, -0.05) is 18.2 Å². The van der Waals surface area contributed by atoms with Crippen molar-refractivity contribution >= 4 is 18.1 Å². The highest BCUT2D eigenvalue weighted by Gasteiger charge is 2.20. The normalized spacial score (nSPS) is 12.1. The quantitative estimate of drug-likeness (QED) is 0.728. The number of hydrogen-bond donors (Lipinski definition) is 3. The van der Waals surface area contributed by atoms with Crippen LogP contribution >= 0.6 is 12.2 Å². The van der Waals surface area contributed by atoms with Crippen LogP contribution in [0.1, 0.15) is 29.1 Å². The highest BCUT2D eigenvalue weighted by atomic mass is 32.1. The number of carbonyl (C=O) groups is 1. The lowest BCUT2D eigenvalue weighted by Gasteiger charge is -2.16. The van der Waals surface area contributed by atoms with E-state index in [0.717, 1.165) is 0 Å². The maximum absolute atomic E-state index is 12.1. The zero-order valence-electron chi connectivity index (χ0n) is 11.0. The summed E-state index contributed by atoms with van der Waals surface area (Å²) in [5.74, 6) is 0.255. The van der Waals surface area contributed by atoms with E-state index >= 15 is 0 Å². The molecule has 0 saturated carbocycles. The molecule has 1 atom stereocenters. The lowest BCUT2D eigenvalue weighted by Crippen LogP contribution is -2.32. The van der Waals surface area contributed by atoms with Crippen LogP contribution in [0.4, 0.5) is 0 Å². The molecule has 2 aromatic rings. The molecule has 106 valence electrons. The summed E-state index contributed by atoms with van der Waals surface area (Å²) in [6.07, 6.45) is 0. The fourth-order valence-corrected chi connectivity index (χ4v) is 2.19. The van der Waals surface area contributed by atoms with Crippen LogP contribution in [0.2, 0.25) is 0 Å². The molecule has 0 saturated heterocycles. The Morgan fingerprint density at radius 3 is 2.80 bits per heavy atom. The smallest absolute Gasteiger partial charge is 0.251 e. The molecule has 7 heteroatoms. The number of nitrogens with zero attached hydrogens (tertiary/aromatic N) is 2. The Morgan fingerprint density at radius 1 is 1.50 bits per heavy atom. The molecule has 0 aliphatic carbocycles.